The lowest BCUT2D eigenvalue weighted by Gasteiger charge is -2.33. The van der Waals surface area contributed by atoms with Crippen LogP contribution in [0.4, 0.5) is 10.5 Å². The predicted molar refractivity (Wildman–Crippen MR) is 88.2 cm³/mol. The number of anilines is 1. The molecule has 0 radical (unpaired) electrons. The SMILES string of the molecule is Cc1ccc(NC(=O)[C@@H]2CCCN(C(=O)N(C)C)C2)cc1Cl. The molecule has 1 saturated heterocycles. The standard InChI is InChI=1S/C16H22ClN3O2/c1-11-6-7-13(9-14(11)17)18-15(21)12-5-4-8-20(10-12)16(22)19(2)3/h6-7,9,12H,4-5,8,10H2,1-3H3,(H,18,21)/t12-/m1/s1. The number of hydrogen-bond acceptors (Lipinski definition) is 2. The van der Waals surface area contributed by atoms with Crippen LogP contribution in [-0.4, -0.2) is 48.9 Å². The average molecular weight is 324 g/mol. The Hall–Kier alpha value is -1.75. The first-order valence-corrected chi connectivity index (χ1v) is 7.79. The number of hydrogen-bond donors (Lipinski definition) is 1. The molecule has 0 spiro atoms. The molecule has 0 aliphatic carbocycles. The first kappa shape index (κ1) is 16.6. The zero-order chi connectivity index (χ0) is 16.3. The smallest absolute Gasteiger partial charge is 0.319 e. The number of nitrogens with zero attached hydrogens (tertiary/aromatic N) is 2. The van der Waals surface area contributed by atoms with Crippen LogP contribution < -0.4 is 5.32 Å². The van der Waals surface area contributed by atoms with Crippen LogP contribution in [0.5, 0.6) is 0 Å². The maximum absolute atomic E-state index is 12.4. The summed E-state index contributed by atoms with van der Waals surface area (Å²) in [5.74, 6) is -0.242. The zero-order valence-electron chi connectivity index (χ0n) is 13.2. The third-order valence-corrected chi connectivity index (χ3v) is 4.29. The number of halogens is 1. The molecule has 3 amide bonds. The number of nitrogens with one attached hydrogen (secondary N) is 1. The number of rotatable bonds is 2. The van der Waals surface area contributed by atoms with Crippen molar-refractivity contribution in [3.63, 3.8) is 0 Å². The molecule has 1 aromatic carbocycles. The van der Waals surface area contributed by atoms with Crippen LogP contribution in [0.15, 0.2) is 18.2 Å². The van der Waals surface area contributed by atoms with Crippen molar-refractivity contribution in [3.05, 3.63) is 28.8 Å². The number of carbonyl (C=O) groups excluding carboxylic acids is 2. The lowest BCUT2D eigenvalue weighted by atomic mass is 9.97. The van der Waals surface area contributed by atoms with E-state index >= 15 is 0 Å². The number of urea groups is 1. The van der Waals surface area contributed by atoms with Gasteiger partial charge in [0.25, 0.3) is 0 Å². The van der Waals surface area contributed by atoms with Gasteiger partial charge in [-0.2, -0.15) is 0 Å². The lowest BCUT2D eigenvalue weighted by molar-refractivity contribution is -0.121. The number of aryl methyl sites for hydroxylation is 1. The predicted octanol–water partition coefficient (Wildman–Crippen LogP) is 2.98. The molecule has 1 heterocycles. The van der Waals surface area contributed by atoms with Crippen LogP contribution in [-0.2, 0) is 4.79 Å². The van der Waals surface area contributed by atoms with E-state index in [-0.39, 0.29) is 17.9 Å². The number of likely N-dealkylation sites (tertiary alicyclic amines) is 1. The molecule has 1 N–H and O–H groups in total. The summed E-state index contributed by atoms with van der Waals surface area (Å²) in [7, 11) is 3.45. The minimum Gasteiger partial charge on any atom is -0.331 e. The van der Waals surface area contributed by atoms with Gasteiger partial charge in [-0.05, 0) is 37.5 Å². The molecule has 1 fully saturated rings. The maximum atomic E-state index is 12.4. The zero-order valence-corrected chi connectivity index (χ0v) is 14.0. The van der Waals surface area contributed by atoms with Crippen molar-refractivity contribution >= 4 is 29.2 Å². The van der Waals surface area contributed by atoms with E-state index in [9.17, 15) is 9.59 Å². The molecule has 22 heavy (non-hydrogen) atoms. The second kappa shape index (κ2) is 7.01. The summed E-state index contributed by atoms with van der Waals surface area (Å²) in [6.07, 6.45) is 1.63. The quantitative estimate of drug-likeness (QED) is 0.909. The molecule has 120 valence electrons. The molecule has 0 aromatic heterocycles. The number of piperidine rings is 1. The van der Waals surface area contributed by atoms with E-state index in [4.69, 9.17) is 11.6 Å². The summed E-state index contributed by atoms with van der Waals surface area (Å²) in [6.45, 7) is 3.08. The van der Waals surface area contributed by atoms with Gasteiger partial charge in [0, 0.05) is 37.9 Å². The van der Waals surface area contributed by atoms with Crippen molar-refractivity contribution in [1.82, 2.24) is 9.80 Å². The van der Waals surface area contributed by atoms with E-state index in [1.54, 1.807) is 30.0 Å². The second-order valence-electron chi connectivity index (χ2n) is 5.92. The Labute approximate surface area is 136 Å². The molecule has 1 atom stereocenters. The van der Waals surface area contributed by atoms with Gasteiger partial charge in [-0.1, -0.05) is 17.7 Å². The first-order valence-electron chi connectivity index (χ1n) is 7.41. The van der Waals surface area contributed by atoms with Crippen molar-refractivity contribution in [1.29, 1.82) is 0 Å². The van der Waals surface area contributed by atoms with Gasteiger partial charge in [-0.15, -0.1) is 0 Å². The third-order valence-electron chi connectivity index (χ3n) is 3.88. The number of carbonyl (C=O) groups is 2. The van der Waals surface area contributed by atoms with Crippen molar-refractivity contribution in [2.75, 3.05) is 32.5 Å². The van der Waals surface area contributed by atoms with E-state index in [0.29, 0.717) is 23.8 Å². The fraction of sp³-hybridized carbons (Fsp3) is 0.500. The molecule has 2 rings (SSSR count). The normalized spacial score (nSPS) is 18.0. The van der Waals surface area contributed by atoms with Gasteiger partial charge in [0.2, 0.25) is 5.91 Å². The van der Waals surface area contributed by atoms with Crippen LogP contribution in [0.2, 0.25) is 5.02 Å². The van der Waals surface area contributed by atoms with Crippen LogP contribution in [0, 0.1) is 12.8 Å². The summed E-state index contributed by atoms with van der Waals surface area (Å²) < 4.78 is 0. The Kier molecular flexibility index (Phi) is 5.29. The van der Waals surface area contributed by atoms with Gasteiger partial charge >= 0.3 is 6.03 Å². The number of amides is 3. The Morgan fingerprint density at radius 1 is 1.36 bits per heavy atom. The monoisotopic (exact) mass is 323 g/mol. The van der Waals surface area contributed by atoms with Crippen LogP contribution in [0.3, 0.4) is 0 Å². The fourth-order valence-corrected chi connectivity index (χ4v) is 2.74. The van der Waals surface area contributed by atoms with Crippen molar-refractivity contribution < 1.29 is 9.59 Å². The molecule has 0 saturated carbocycles. The van der Waals surface area contributed by atoms with Crippen molar-refractivity contribution in [2.45, 2.75) is 19.8 Å². The van der Waals surface area contributed by atoms with Crippen LogP contribution in [0.25, 0.3) is 0 Å². The van der Waals surface area contributed by atoms with Gasteiger partial charge in [0.15, 0.2) is 0 Å². The molecule has 0 bridgehead atoms. The topological polar surface area (TPSA) is 52.7 Å². The molecular formula is C16H22ClN3O2. The highest BCUT2D eigenvalue weighted by atomic mass is 35.5. The maximum Gasteiger partial charge on any atom is 0.319 e. The molecule has 6 heteroatoms. The van der Waals surface area contributed by atoms with Gasteiger partial charge < -0.3 is 15.1 Å². The first-order chi connectivity index (χ1) is 10.4. The summed E-state index contributed by atoms with van der Waals surface area (Å²) in [6, 6.07) is 5.42. The lowest BCUT2D eigenvalue weighted by Crippen LogP contribution is -2.47. The largest absolute Gasteiger partial charge is 0.331 e. The van der Waals surface area contributed by atoms with E-state index in [0.717, 1.165) is 18.4 Å². The highest BCUT2D eigenvalue weighted by Crippen LogP contribution is 2.23. The Balaban J connectivity index is 1.99. The highest BCUT2D eigenvalue weighted by Gasteiger charge is 2.29. The Morgan fingerprint density at radius 3 is 2.73 bits per heavy atom. The molecule has 5 nitrogen and oxygen atoms in total. The van der Waals surface area contributed by atoms with Crippen molar-refractivity contribution in [2.24, 2.45) is 5.92 Å². The van der Waals surface area contributed by atoms with E-state index < -0.39 is 0 Å². The van der Waals surface area contributed by atoms with Crippen molar-refractivity contribution in [3.8, 4) is 0 Å². The third kappa shape index (κ3) is 3.91. The molecule has 0 unspecified atom stereocenters. The average Bonchev–Trinajstić information content (AvgIpc) is 2.50. The minimum atomic E-state index is -0.183. The summed E-state index contributed by atoms with van der Waals surface area (Å²) in [5, 5.41) is 3.52. The molecular weight excluding hydrogens is 302 g/mol. The summed E-state index contributed by atoms with van der Waals surface area (Å²) in [4.78, 5) is 27.7. The fourth-order valence-electron chi connectivity index (χ4n) is 2.56. The highest BCUT2D eigenvalue weighted by molar-refractivity contribution is 6.31. The second-order valence-corrected chi connectivity index (χ2v) is 6.32. The van der Waals surface area contributed by atoms with Gasteiger partial charge in [0.1, 0.15) is 0 Å². The van der Waals surface area contributed by atoms with Gasteiger partial charge in [-0.25, -0.2) is 4.79 Å². The van der Waals surface area contributed by atoms with E-state index in [1.807, 2.05) is 19.1 Å². The van der Waals surface area contributed by atoms with E-state index in [2.05, 4.69) is 5.32 Å². The summed E-state index contributed by atoms with van der Waals surface area (Å²) in [5.41, 5.74) is 1.66. The van der Waals surface area contributed by atoms with Gasteiger partial charge in [-0.3, -0.25) is 4.79 Å². The number of benzene rings is 1. The molecule has 1 aromatic rings. The van der Waals surface area contributed by atoms with E-state index in [1.165, 1.54) is 0 Å². The molecule has 1 aliphatic heterocycles. The van der Waals surface area contributed by atoms with Crippen LogP contribution >= 0.6 is 11.6 Å². The van der Waals surface area contributed by atoms with Gasteiger partial charge in [0.05, 0.1) is 5.92 Å². The van der Waals surface area contributed by atoms with Crippen LogP contribution in [0.1, 0.15) is 18.4 Å². The minimum absolute atomic E-state index is 0.0455. The Morgan fingerprint density at radius 2 is 2.09 bits per heavy atom. The molecule has 1 aliphatic rings. The Bertz CT molecular complexity index is 575. The summed E-state index contributed by atoms with van der Waals surface area (Å²) >= 11 is 6.07.